The number of nitrogens with zero attached hydrogens (tertiary/aromatic N) is 5. The minimum absolute atomic E-state index is 0.0585. The topological polar surface area (TPSA) is 73.0 Å². The zero-order valence-electron chi connectivity index (χ0n) is 13.5. The molecule has 0 atom stereocenters. The van der Waals surface area contributed by atoms with E-state index in [0.717, 1.165) is 18.2 Å². The molecule has 10 heteroatoms. The summed E-state index contributed by atoms with van der Waals surface area (Å²) in [6.45, 7) is 1.98. The summed E-state index contributed by atoms with van der Waals surface area (Å²) in [5.41, 5.74) is -0.0996. The maximum Gasteiger partial charge on any atom is 0.283 e. The highest BCUT2D eigenvalue weighted by Gasteiger charge is 2.31. The van der Waals surface area contributed by atoms with Crippen molar-refractivity contribution in [3.63, 3.8) is 0 Å². The number of carbonyl (C=O) groups is 1. The number of anilines is 1. The Kier molecular flexibility index (Phi) is 3.87. The van der Waals surface area contributed by atoms with E-state index in [0.29, 0.717) is 6.54 Å². The van der Waals surface area contributed by atoms with Gasteiger partial charge in [-0.25, -0.2) is 13.8 Å². The molecule has 2 aromatic heterocycles. The van der Waals surface area contributed by atoms with Crippen molar-refractivity contribution in [3.8, 4) is 0 Å². The molecule has 3 heterocycles. The van der Waals surface area contributed by atoms with Crippen LogP contribution >= 0.6 is 15.9 Å². The lowest BCUT2D eigenvalue weighted by Gasteiger charge is -2.12. The van der Waals surface area contributed by atoms with Crippen molar-refractivity contribution in [2.75, 3.05) is 11.4 Å². The lowest BCUT2D eigenvalue weighted by atomic mass is 10.2. The van der Waals surface area contributed by atoms with Crippen LogP contribution in [-0.4, -0.2) is 31.6 Å². The van der Waals surface area contributed by atoms with E-state index in [4.69, 9.17) is 0 Å². The number of imidazole rings is 1. The van der Waals surface area contributed by atoms with E-state index < -0.39 is 17.2 Å². The SMILES string of the molecule is CCN1C(=O)Cn2c1nc1c(nc(Br)n1Cc1cc(F)ccc1F)c2=O. The molecule has 26 heavy (non-hydrogen) atoms. The second kappa shape index (κ2) is 5.97. The number of hydrogen-bond donors (Lipinski definition) is 0. The van der Waals surface area contributed by atoms with E-state index in [1.54, 1.807) is 6.92 Å². The van der Waals surface area contributed by atoms with E-state index in [1.165, 1.54) is 14.0 Å². The average Bonchev–Trinajstić information content (AvgIpc) is 3.09. The van der Waals surface area contributed by atoms with Crippen molar-refractivity contribution in [2.45, 2.75) is 20.0 Å². The second-order valence-corrected chi connectivity index (χ2v) is 6.53. The molecular weight excluding hydrogens is 412 g/mol. The Balaban J connectivity index is 1.92. The summed E-state index contributed by atoms with van der Waals surface area (Å²) in [7, 11) is 0. The van der Waals surface area contributed by atoms with E-state index in [1.807, 2.05) is 0 Å². The lowest BCUT2D eigenvalue weighted by Crippen LogP contribution is -2.26. The molecule has 1 amide bonds. The number of amides is 1. The van der Waals surface area contributed by atoms with Gasteiger partial charge >= 0.3 is 0 Å². The van der Waals surface area contributed by atoms with Crippen molar-refractivity contribution in [1.82, 2.24) is 19.1 Å². The summed E-state index contributed by atoms with van der Waals surface area (Å²) in [6.07, 6.45) is 0. The maximum atomic E-state index is 14.0. The van der Waals surface area contributed by atoms with Crippen LogP contribution in [0.3, 0.4) is 0 Å². The molecule has 0 aliphatic carbocycles. The third kappa shape index (κ3) is 2.44. The van der Waals surface area contributed by atoms with E-state index >= 15 is 0 Å². The van der Waals surface area contributed by atoms with Crippen molar-refractivity contribution >= 4 is 38.9 Å². The predicted molar refractivity (Wildman–Crippen MR) is 93.0 cm³/mol. The normalized spacial score (nSPS) is 13.7. The molecule has 0 N–H and O–H groups in total. The highest BCUT2D eigenvalue weighted by atomic mass is 79.9. The summed E-state index contributed by atoms with van der Waals surface area (Å²) in [4.78, 5) is 34.7. The van der Waals surface area contributed by atoms with Crippen LogP contribution in [0.2, 0.25) is 0 Å². The Morgan fingerprint density at radius 3 is 2.73 bits per heavy atom. The van der Waals surface area contributed by atoms with Crippen LogP contribution in [0.15, 0.2) is 27.7 Å². The first kappa shape index (κ1) is 16.8. The van der Waals surface area contributed by atoms with Crippen LogP contribution in [-0.2, 0) is 17.9 Å². The van der Waals surface area contributed by atoms with Gasteiger partial charge in [0.15, 0.2) is 15.9 Å². The summed E-state index contributed by atoms with van der Waals surface area (Å²) in [6, 6.07) is 3.15. The van der Waals surface area contributed by atoms with Crippen LogP contribution in [0.5, 0.6) is 0 Å². The Morgan fingerprint density at radius 2 is 2.00 bits per heavy atom. The molecule has 1 aliphatic rings. The first-order valence-electron chi connectivity index (χ1n) is 7.81. The zero-order valence-corrected chi connectivity index (χ0v) is 15.1. The maximum absolute atomic E-state index is 14.0. The smallest absolute Gasteiger partial charge is 0.283 e. The summed E-state index contributed by atoms with van der Waals surface area (Å²) < 4.78 is 30.5. The van der Waals surface area contributed by atoms with Crippen molar-refractivity contribution < 1.29 is 13.6 Å². The fourth-order valence-electron chi connectivity index (χ4n) is 3.02. The van der Waals surface area contributed by atoms with E-state index in [-0.39, 0.29) is 46.4 Å². The second-order valence-electron chi connectivity index (χ2n) is 5.82. The van der Waals surface area contributed by atoms with Crippen molar-refractivity contribution in [2.24, 2.45) is 0 Å². The molecule has 0 bridgehead atoms. The fourth-order valence-corrected chi connectivity index (χ4v) is 3.49. The van der Waals surface area contributed by atoms with Gasteiger partial charge in [0.25, 0.3) is 5.56 Å². The molecule has 0 spiro atoms. The molecule has 134 valence electrons. The number of carbonyl (C=O) groups excluding carboxylic acids is 1. The summed E-state index contributed by atoms with van der Waals surface area (Å²) in [5.74, 6) is -1.16. The number of halogens is 3. The van der Waals surface area contributed by atoms with Gasteiger partial charge in [-0.05, 0) is 41.1 Å². The van der Waals surface area contributed by atoms with Gasteiger partial charge in [0, 0.05) is 12.1 Å². The Morgan fingerprint density at radius 1 is 1.23 bits per heavy atom. The molecule has 1 aromatic carbocycles. The number of benzene rings is 1. The molecule has 0 radical (unpaired) electrons. The van der Waals surface area contributed by atoms with Gasteiger partial charge in [-0.15, -0.1) is 0 Å². The predicted octanol–water partition coefficient (Wildman–Crippen LogP) is 2.05. The third-order valence-corrected chi connectivity index (χ3v) is 4.88. The van der Waals surface area contributed by atoms with Crippen LogP contribution in [0, 0.1) is 11.6 Å². The molecule has 0 saturated carbocycles. The first-order chi connectivity index (χ1) is 12.4. The van der Waals surface area contributed by atoms with Gasteiger partial charge in [0.2, 0.25) is 11.9 Å². The minimum Gasteiger partial charge on any atom is -0.298 e. The number of aromatic nitrogens is 4. The molecule has 1 aliphatic heterocycles. The molecule has 3 aromatic rings. The Bertz CT molecular complexity index is 1120. The van der Waals surface area contributed by atoms with Crippen LogP contribution in [0.4, 0.5) is 14.7 Å². The van der Waals surface area contributed by atoms with Crippen LogP contribution in [0.1, 0.15) is 12.5 Å². The number of rotatable bonds is 3. The summed E-state index contributed by atoms with van der Waals surface area (Å²) in [5, 5.41) is 0. The van der Waals surface area contributed by atoms with Crippen molar-refractivity contribution in [1.29, 1.82) is 0 Å². The van der Waals surface area contributed by atoms with E-state index in [9.17, 15) is 18.4 Å². The van der Waals surface area contributed by atoms with Gasteiger partial charge in [-0.2, -0.15) is 4.98 Å². The van der Waals surface area contributed by atoms with Crippen molar-refractivity contribution in [3.05, 3.63) is 50.5 Å². The standard InChI is InChI=1S/C16H12BrF2N5O2/c1-2-22-11(25)7-24-14(26)12-13(21-16(22)24)23(15(17)20-12)6-8-5-9(18)3-4-10(8)19/h3-5H,2,6-7H2,1H3. The van der Waals surface area contributed by atoms with Gasteiger partial charge in [-0.3, -0.25) is 23.6 Å². The van der Waals surface area contributed by atoms with Gasteiger partial charge in [-0.1, -0.05) is 0 Å². The number of likely N-dealkylation sites (N-methyl/N-ethyl adjacent to an activating group) is 1. The Labute approximate surface area is 154 Å². The molecular formula is C16H12BrF2N5O2. The largest absolute Gasteiger partial charge is 0.298 e. The quantitative estimate of drug-likeness (QED) is 0.604. The highest BCUT2D eigenvalue weighted by molar-refractivity contribution is 9.10. The number of fused-ring (bicyclic) bond motifs is 2. The lowest BCUT2D eigenvalue weighted by molar-refractivity contribution is -0.118. The first-order valence-corrected chi connectivity index (χ1v) is 8.61. The minimum atomic E-state index is -0.580. The van der Waals surface area contributed by atoms with Gasteiger partial charge in [0.05, 0.1) is 6.54 Å². The summed E-state index contributed by atoms with van der Waals surface area (Å²) >= 11 is 3.24. The number of hydrogen-bond acceptors (Lipinski definition) is 4. The van der Waals surface area contributed by atoms with Gasteiger partial charge in [0.1, 0.15) is 18.2 Å². The molecule has 0 unspecified atom stereocenters. The average molecular weight is 424 g/mol. The van der Waals surface area contributed by atoms with E-state index in [2.05, 4.69) is 25.9 Å². The van der Waals surface area contributed by atoms with Gasteiger partial charge < -0.3 is 0 Å². The zero-order chi connectivity index (χ0) is 18.6. The third-order valence-electron chi connectivity index (χ3n) is 4.28. The van der Waals surface area contributed by atoms with Crippen LogP contribution < -0.4 is 10.5 Å². The fraction of sp³-hybridized carbons (Fsp3) is 0.250. The monoisotopic (exact) mass is 423 g/mol. The highest BCUT2D eigenvalue weighted by Crippen LogP contribution is 2.24. The molecule has 7 nitrogen and oxygen atoms in total. The van der Waals surface area contributed by atoms with Crippen LogP contribution in [0.25, 0.3) is 11.2 Å². The molecule has 0 saturated heterocycles. The molecule has 4 rings (SSSR count). The Hall–Kier alpha value is -2.62. The molecule has 0 fully saturated rings.